The predicted molar refractivity (Wildman–Crippen MR) is 597 cm³/mol. The summed E-state index contributed by atoms with van der Waals surface area (Å²) in [7, 11) is -15.7. The van der Waals surface area contributed by atoms with Gasteiger partial charge in [-0.1, -0.05) is 97.1 Å². The minimum atomic E-state index is -10.7. The van der Waals surface area contributed by atoms with Crippen molar-refractivity contribution >= 4 is 174 Å². The number of hydrogen-bond donors (Lipinski definition) is 0. The first-order valence-electron chi connectivity index (χ1n) is 48.1. The average molecular weight is 2390 g/mol. The average Bonchev–Trinajstić information content (AvgIpc) is 1.46. The molecule has 0 fully saturated rings. The van der Waals surface area contributed by atoms with Gasteiger partial charge in [0.2, 0.25) is 42.2 Å². The van der Waals surface area contributed by atoms with Crippen molar-refractivity contribution in [2.45, 2.75) is 133 Å². The molecule has 0 radical (unpaired) electrons. The number of unbranched alkanes of at least 4 members (excludes halogenated alkanes) is 4. The van der Waals surface area contributed by atoms with Crippen LogP contribution >= 0.6 is 57.3 Å². The van der Waals surface area contributed by atoms with Crippen molar-refractivity contribution in [2.24, 2.45) is 14.1 Å². The zero-order valence-electron chi connectivity index (χ0n) is 81.9. The summed E-state index contributed by atoms with van der Waals surface area (Å²) in [5.74, 6) is -1.02. The van der Waals surface area contributed by atoms with Gasteiger partial charge in [0.05, 0.1) is 113 Å². The first-order valence-corrected chi connectivity index (χ1v) is 63.9. The topological polar surface area (TPSA) is 175 Å². The second-order valence-electron chi connectivity index (χ2n) is 36.3. The van der Waals surface area contributed by atoms with Crippen molar-refractivity contribution in [3.05, 3.63) is 432 Å². The van der Waals surface area contributed by atoms with E-state index in [0.29, 0.717) is 9.47 Å². The fourth-order valence-electron chi connectivity index (χ4n) is 19.1. The third-order valence-corrected chi connectivity index (χ3v) is 31.5. The van der Waals surface area contributed by atoms with Crippen LogP contribution in [0.15, 0.2) is 420 Å². The number of aromatic nitrogens is 12. The number of aryl methyl sites for hydroxylation is 10. The Balaban J connectivity index is 0.000000168. The molecular weight excluding hydrogens is 2280 g/mol. The number of rotatable bonds is 30. The van der Waals surface area contributed by atoms with Gasteiger partial charge in [0, 0.05) is 104 Å². The Labute approximate surface area is 895 Å². The third kappa shape index (κ3) is 26.5. The van der Waals surface area contributed by atoms with E-state index in [2.05, 4.69) is 317 Å². The van der Waals surface area contributed by atoms with E-state index in [1.165, 1.54) is 99.2 Å². The molecule has 8 aromatic heterocycles. The van der Waals surface area contributed by atoms with Crippen LogP contribution in [0.4, 0.5) is 38.2 Å². The summed E-state index contributed by atoms with van der Waals surface area (Å²) in [5, 5.41) is 9.55. The first-order chi connectivity index (χ1) is 71.7. The predicted octanol–water partition coefficient (Wildman–Crippen LogP) is 30.6. The molecule has 0 spiro atoms. The van der Waals surface area contributed by atoms with Crippen LogP contribution in [-0.2, 0) is 105 Å². The van der Waals surface area contributed by atoms with Gasteiger partial charge in [-0.3, -0.25) is 0 Å². The molecule has 0 saturated heterocycles. The Bertz CT molecular complexity index is 8350. The Hall–Kier alpha value is -12.8. The molecule has 0 aliphatic carbocycles. The zero-order valence-corrected chi connectivity index (χ0v) is 91.9. The van der Waals surface area contributed by atoms with Gasteiger partial charge < -0.3 is 48.6 Å². The Morgan fingerprint density at radius 1 is 0.300 bits per heavy atom. The molecule has 0 N–H and O–H groups in total. The number of fused-ring (bicyclic) bond motifs is 12. The molecule has 0 saturated carbocycles. The molecule has 0 unspecified atom stereocenters. The van der Waals surface area contributed by atoms with Crippen LogP contribution in [0, 0.1) is 19.1 Å². The molecule has 18 nitrogen and oxygen atoms in total. The summed E-state index contributed by atoms with van der Waals surface area (Å²) >= 11 is 4.74. The maximum atomic E-state index is 14.1. The molecule has 0 aliphatic heterocycles. The monoisotopic (exact) mass is 2380 g/mol. The van der Waals surface area contributed by atoms with Gasteiger partial charge in [-0.15, -0.1) is 0 Å². The van der Waals surface area contributed by atoms with Crippen LogP contribution in [0.3, 0.4) is 0 Å². The Kier molecular flexibility index (Phi) is 34.7. The van der Waals surface area contributed by atoms with Crippen molar-refractivity contribution in [2.75, 3.05) is 0 Å². The van der Waals surface area contributed by atoms with Crippen LogP contribution < -0.4 is 9.13 Å². The summed E-state index contributed by atoms with van der Waals surface area (Å²) in [6, 6.07) is 99.1. The van der Waals surface area contributed by atoms with Crippen molar-refractivity contribution in [3.63, 3.8) is 0 Å². The summed E-state index contributed by atoms with van der Waals surface area (Å²) in [6.45, 7) is 3.97. The zero-order chi connectivity index (χ0) is 105. The van der Waals surface area contributed by atoms with E-state index in [4.69, 9.17) is 0 Å². The second-order valence-corrected chi connectivity index (χ2v) is 55.9. The molecule has 22 aromatic rings. The van der Waals surface area contributed by atoms with Crippen LogP contribution in [0.2, 0.25) is 0 Å². The van der Waals surface area contributed by atoms with Gasteiger partial charge in [-0.05, 0) is 318 Å². The number of imidazole rings is 4. The third-order valence-electron chi connectivity index (χ3n) is 26.1. The number of para-hydroxylation sites is 4. The van der Waals surface area contributed by atoms with Gasteiger partial charge in [0.15, 0.2) is 0 Å². The van der Waals surface area contributed by atoms with Gasteiger partial charge in [0.25, 0.3) is 0 Å². The summed E-state index contributed by atoms with van der Waals surface area (Å²) in [6.07, 6.45) is 36.9. The molecule has 35 heteroatoms. The van der Waals surface area contributed by atoms with E-state index in [1.54, 1.807) is 48.5 Å². The minimum absolute atomic E-state index is 0. The standard InChI is InChI=1S/C52H50N6O2S.C50H44N6O2S.C12H8F2O2S.CH3.F6P.FHP.2HI.V/c1-53-31-33-55(37-53)29-9-7-11-39-17-27-51-47(35-39)45-13-3-5-15-49(45)57(51)41-19-23-43(24-20-41)61(59,60)44-25-21-42(22-26-44)58-50-16-6-4-14-46(50)48-36-40(18-28-52(48)58)12-8-10-30-56-34-32-54(2)38-56;57-59(58,41-21-17-39(18-22-41)55-47-13-3-1-11-43(47)45-33-37(15-25-49(45)55)9-5-7-29-53-31-27-51-35-53)42-23-19-40(20-24-42)56-48-14-4-2-12-44(48)46-34-38(16-26-50(46)56)10-6-8-30-54-32-28-52-36-54;13-9-1-5-11(6-2-9)17(15,16)12-7-3-10(14)4-8-12;;1-7(2,3,4,5)6;1-2;;;/h3-6,13-28,31-38H,7-12,29-30H2,1-2H3;1-4,11-28,31-36H,5-10,29-30H2;1-8H;1H3;;2H;2*1H;/q+2;;;3*-1;;;+2/p-2. The van der Waals surface area contributed by atoms with E-state index in [-0.39, 0.29) is 36.8 Å². The van der Waals surface area contributed by atoms with Crippen molar-refractivity contribution in [3.8, 4) is 22.7 Å². The van der Waals surface area contributed by atoms with Crippen LogP contribution in [0.25, 0.3) is 110 Å². The molecule has 22 rings (SSSR count). The molecular formula is C115H106F9I2N12O6P2S3V-. The van der Waals surface area contributed by atoms with Crippen molar-refractivity contribution in [1.82, 2.24) is 46.5 Å². The quantitative estimate of drug-likeness (QED) is 0.00813. The van der Waals surface area contributed by atoms with E-state index >= 15 is 0 Å². The molecule has 773 valence electrons. The maximum absolute atomic E-state index is 14.1. The van der Waals surface area contributed by atoms with E-state index in [1.807, 2.05) is 86.0 Å². The summed E-state index contributed by atoms with van der Waals surface area (Å²) in [5.41, 5.74) is 17.8. The normalized spacial score (nSPS) is 12.2. The van der Waals surface area contributed by atoms with Crippen LogP contribution in [0.1, 0.15) is 73.6 Å². The van der Waals surface area contributed by atoms with Crippen LogP contribution in [0.5, 0.6) is 0 Å². The van der Waals surface area contributed by atoms with Gasteiger partial charge >= 0.3 is 82.4 Å². The molecule has 0 atom stereocenters. The molecule has 0 bridgehead atoms. The Morgan fingerprint density at radius 3 is 0.727 bits per heavy atom. The van der Waals surface area contributed by atoms with Gasteiger partial charge in [-0.2, -0.15) is 0 Å². The summed E-state index contributed by atoms with van der Waals surface area (Å²) < 4.78 is 196. The van der Waals surface area contributed by atoms with Gasteiger partial charge in [-0.25, -0.2) is 62.3 Å². The van der Waals surface area contributed by atoms with Gasteiger partial charge in [0.1, 0.15) is 36.4 Å². The Morgan fingerprint density at radius 2 is 0.513 bits per heavy atom. The van der Waals surface area contributed by atoms with E-state index in [0.717, 1.165) is 194 Å². The fourth-order valence-corrected chi connectivity index (χ4v) is 22.9. The van der Waals surface area contributed by atoms with Crippen LogP contribution in [-0.4, -0.2) is 71.8 Å². The SMILES string of the molecule is C[n+]1ccn(CCCCc2ccc3c(c2)c2ccccc2n3-c2ccc(S(=O)(=O)c3ccc(-n4c5ccccc5c5cc(CCCCn6cc[n+](C)c6)ccc54)cc3)cc2)c1.F[P-](F)(F)(F)(F)F.F[PH-].O=S(=O)(c1ccc(-n2c3ccccc3c3cc(CCCCn4ccnc4)ccc32)cc1)c1ccc(-n2c3ccccc3c3cc(CCCCn4ccnc4)ccc32)cc1.O=S(=O)(c1ccc(F)cc1)c1ccc(F)cc1.[CH3-].[I][V][I]. The molecule has 14 aromatic carbocycles. The second kappa shape index (κ2) is 47.4. The summed E-state index contributed by atoms with van der Waals surface area (Å²) in [4.78, 5) is 9.32. The number of benzene rings is 14. The number of sulfone groups is 3. The number of hydrogen-bond acceptors (Lipinski definition) is 8. The fraction of sp³-hybridized carbons (Fsp3) is 0.157. The van der Waals surface area contributed by atoms with Crippen molar-refractivity contribution < 1.29 is 82.0 Å². The molecule has 8 heterocycles. The van der Waals surface area contributed by atoms with E-state index in [9.17, 15) is 63.4 Å². The van der Waals surface area contributed by atoms with Crippen molar-refractivity contribution in [1.29, 1.82) is 0 Å². The number of halogens is 11. The number of nitrogens with zero attached hydrogens (tertiary/aromatic N) is 12. The molecule has 150 heavy (non-hydrogen) atoms. The first kappa shape index (κ1) is 110. The molecule has 0 aliphatic rings. The molecule has 0 amide bonds. The van der Waals surface area contributed by atoms with E-state index < -0.39 is 49.0 Å².